The summed E-state index contributed by atoms with van der Waals surface area (Å²) in [4.78, 5) is 10.9. The van der Waals surface area contributed by atoms with Crippen LogP contribution in [0.2, 0.25) is 0 Å². The molecule has 1 aromatic heterocycles. The van der Waals surface area contributed by atoms with Crippen molar-refractivity contribution in [2.24, 2.45) is 0 Å². The molecule has 4 nitrogen and oxygen atoms in total. The predicted molar refractivity (Wildman–Crippen MR) is 69.5 cm³/mol. The number of H-pyrrole nitrogens is 1. The summed E-state index contributed by atoms with van der Waals surface area (Å²) < 4.78 is 1.22. The summed E-state index contributed by atoms with van der Waals surface area (Å²) in [5.74, 6) is 0.908. The van der Waals surface area contributed by atoms with Crippen molar-refractivity contribution in [3.63, 3.8) is 0 Å². The Kier molecular flexibility index (Phi) is 3.02. The van der Waals surface area contributed by atoms with Crippen molar-refractivity contribution in [2.45, 2.75) is 6.92 Å². The maximum absolute atomic E-state index is 5.60. The molecule has 3 N–H and O–H groups in total. The molecule has 16 heavy (non-hydrogen) atoms. The normalized spacial score (nSPS) is 10.4. The van der Waals surface area contributed by atoms with E-state index in [4.69, 9.17) is 18.0 Å². The van der Waals surface area contributed by atoms with Gasteiger partial charge >= 0.3 is 0 Å². The summed E-state index contributed by atoms with van der Waals surface area (Å²) in [6.07, 6.45) is 0. The van der Waals surface area contributed by atoms with Crippen LogP contribution in [-0.4, -0.2) is 15.0 Å². The lowest BCUT2D eigenvalue weighted by atomic mass is 10.1. The largest absolute Gasteiger partial charge is 0.369 e. The summed E-state index contributed by atoms with van der Waals surface area (Å²) >= 11 is 8.35. The third-order valence-corrected chi connectivity index (χ3v) is 2.80. The van der Waals surface area contributed by atoms with Gasteiger partial charge in [0.1, 0.15) is 5.82 Å². The highest BCUT2D eigenvalue weighted by molar-refractivity contribution is 9.10. The van der Waals surface area contributed by atoms with Crippen molar-refractivity contribution in [2.75, 3.05) is 5.73 Å². The lowest BCUT2D eigenvalue weighted by Gasteiger charge is -2.06. The molecule has 1 aromatic carbocycles. The molecule has 0 unspecified atom stereocenters. The average Bonchev–Trinajstić information content (AvgIpc) is 2.20. The van der Waals surface area contributed by atoms with Gasteiger partial charge in [-0.3, -0.25) is 0 Å². The van der Waals surface area contributed by atoms with Gasteiger partial charge in [0.25, 0.3) is 0 Å². The molecular formula is C10H9BrN4S. The van der Waals surface area contributed by atoms with Gasteiger partial charge in [0, 0.05) is 10.0 Å². The van der Waals surface area contributed by atoms with Gasteiger partial charge in [-0.15, -0.1) is 0 Å². The van der Waals surface area contributed by atoms with Gasteiger partial charge in [0.2, 0.25) is 10.7 Å². The fraction of sp³-hybridized carbons (Fsp3) is 0.100. The molecule has 0 spiro atoms. The third kappa shape index (κ3) is 2.28. The zero-order valence-electron chi connectivity index (χ0n) is 8.49. The minimum Gasteiger partial charge on any atom is -0.369 e. The number of anilines is 1. The van der Waals surface area contributed by atoms with Gasteiger partial charge in [0.15, 0.2) is 0 Å². The van der Waals surface area contributed by atoms with Gasteiger partial charge in [-0.2, -0.15) is 4.98 Å². The summed E-state index contributed by atoms with van der Waals surface area (Å²) in [6, 6.07) is 5.93. The molecule has 0 aliphatic rings. The highest BCUT2D eigenvalue weighted by Crippen LogP contribution is 2.23. The first-order valence-corrected chi connectivity index (χ1v) is 5.77. The van der Waals surface area contributed by atoms with E-state index in [0.29, 0.717) is 5.82 Å². The summed E-state index contributed by atoms with van der Waals surface area (Å²) in [5.41, 5.74) is 7.64. The number of hydrogen-bond acceptors (Lipinski definition) is 4. The highest BCUT2D eigenvalue weighted by atomic mass is 79.9. The number of rotatable bonds is 1. The second-order valence-electron chi connectivity index (χ2n) is 3.32. The Labute approximate surface area is 106 Å². The van der Waals surface area contributed by atoms with Crippen LogP contribution < -0.4 is 5.73 Å². The standard InChI is InChI=1S/C10H9BrN4S/c1-5-2-3-6(11)4-7(5)8-13-9(12)15-10(16)14-8/h2-4H,1H3,(H3,12,13,14,15,16). The van der Waals surface area contributed by atoms with E-state index in [0.717, 1.165) is 15.6 Å². The van der Waals surface area contributed by atoms with Crippen LogP contribution in [0.5, 0.6) is 0 Å². The minimum atomic E-state index is 0.241. The van der Waals surface area contributed by atoms with Gasteiger partial charge in [-0.05, 0) is 36.8 Å². The number of halogens is 1. The first kappa shape index (κ1) is 11.2. The molecule has 0 aliphatic heterocycles. The van der Waals surface area contributed by atoms with Crippen LogP contribution in [0.15, 0.2) is 22.7 Å². The lowest BCUT2D eigenvalue weighted by Crippen LogP contribution is -2.00. The third-order valence-electron chi connectivity index (χ3n) is 2.12. The van der Waals surface area contributed by atoms with Crippen LogP contribution in [-0.2, 0) is 0 Å². The Hall–Kier alpha value is -1.27. The Bertz CT molecular complexity index is 594. The second kappa shape index (κ2) is 4.31. The monoisotopic (exact) mass is 296 g/mol. The number of nitrogens with two attached hydrogens (primary N) is 1. The van der Waals surface area contributed by atoms with Crippen LogP contribution in [0, 0.1) is 11.7 Å². The summed E-state index contributed by atoms with van der Waals surface area (Å²) in [6.45, 7) is 2.00. The lowest BCUT2D eigenvalue weighted by molar-refractivity contribution is 1.05. The Morgan fingerprint density at radius 3 is 2.81 bits per heavy atom. The van der Waals surface area contributed by atoms with Gasteiger partial charge in [0.05, 0.1) is 0 Å². The van der Waals surface area contributed by atoms with Crippen LogP contribution >= 0.6 is 28.1 Å². The first-order chi connectivity index (χ1) is 7.56. The first-order valence-electron chi connectivity index (χ1n) is 4.56. The number of aromatic nitrogens is 3. The zero-order chi connectivity index (χ0) is 11.7. The van der Waals surface area contributed by atoms with E-state index >= 15 is 0 Å². The molecule has 0 atom stereocenters. The maximum Gasteiger partial charge on any atom is 0.224 e. The minimum absolute atomic E-state index is 0.241. The van der Waals surface area contributed by atoms with Crippen molar-refractivity contribution in [3.05, 3.63) is 33.0 Å². The van der Waals surface area contributed by atoms with E-state index in [9.17, 15) is 0 Å². The van der Waals surface area contributed by atoms with E-state index < -0.39 is 0 Å². The molecular weight excluding hydrogens is 288 g/mol. The van der Waals surface area contributed by atoms with E-state index in [-0.39, 0.29) is 10.7 Å². The molecule has 2 aromatic rings. The predicted octanol–water partition coefficient (Wildman–Crippen LogP) is 2.85. The maximum atomic E-state index is 5.60. The summed E-state index contributed by atoms with van der Waals surface area (Å²) in [5, 5.41) is 0. The fourth-order valence-electron chi connectivity index (χ4n) is 1.38. The second-order valence-corrected chi connectivity index (χ2v) is 4.61. The van der Waals surface area contributed by atoms with Crippen LogP contribution in [0.3, 0.4) is 0 Å². The van der Waals surface area contributed by atoms with Crippen LogP contribution in [0.4, 0.5) is 5.95 Å². The SMILES string of the molecule is Cc1ccc(Br)cc1-c1nc(=S)nc(N)[nH]1. The molecule has 0 saturated carbocycles. The number of hydrogen-bond donors (Lipinski definition) is 2. The Balaban J connectivity index is 2.66. The molecule has 82 valence electrons. The van der Waals surface area contributed by atoms with Crippen molar-refractivity contribution >= 4 is 34.1 Å². The topological polar surface area (TPSA) is 67.6 Å². The van der Waals surface area contributed by atoms with Crippen molar-refractivity contribution < 1.29 is 0 Å². The number of benzene rings is 1. The molecule has 0 amide bonds. The number of nitrogens with zero attached hydrogens (tertiary/aromatic N) is 2. The van der Waals surface area contributed by atoms with E-state index in [2.05, 4.69) is 30.9 Å². The average molecular weight is 297 g/mol. The Morgan fingerprint density at radius 2 is 2.12 bits per heavy atom. The number of nitrogen functional groups attached to an aromatic ring is 1. The number of aromatic amines is 1. The van der Waals surface area contributed by atoms with Crippen molar-refractivity contribution in [3.8, 4) is 11.4 Å². The molecule has 0 saturated heterocycles. The molecule has 0 radical (unpaired) electrons. The molecule has 1 heterocycles. The van der Waals surface area contributed by atoms with Crippen LogP contribution in [0.1, 0.15) is 5.56 Å². The molecule has 2 rings (SSSR count). The molecule has 6 heteroatoms. The van der Waals surface area contributed by atoms with Crippen molar-refractivity contribution in [1.29, 1.82) is 0 Å². The zero-order valence-corrected chi connectivity index (χ0v) is 10.9. The number of nitrogens with one attached hydrogen (secondary N) is 1. The van der Waals surface area contributed by atoms with E-state index in [1.807, 2.05) is 25.1 Å². The van der Waals surface area contributed by atoms with Crippen molar-refractivity contribution in [1.82, 2.24) is 15.0 Å². The highest BCUT2D eigenvalue weighted by Gasteiger charge is 2.05. The van der Waals surface area contributed by atoms with Gasteiger partial charge < -0.3 is 10.7 Å². The molecule has 0 bridgehead atoms. The van der Waals surface area contributed by atoms with Gasteiger partial charge in [-0.1, -0.05) is 22.0 Å². The molecule has 0 fully saturated rings. The fourth-order valence-corrected chi connectivity index (χ4v) is 1.93. The quantitative estimate of drug-likeness (QED) is 0.794. The van der Waals surface area contributed by atoms with Gasteiger partial charge in [-0.25, -0.2) is 4.98 Å². The Morgan fingerprint density at radius 1 is 1.38 bits per heavy atom. The van der Waals surface area contributed by atoms with E-state index in [1.165, 1.54) is 0 Å². The summed E-state index contributed by atoms with van der Waals surface area (Å²) in [7, 11) is 0. The number of aryl methyl sites for hydroxylation is 1. The smallest absolute Gasteiger partial charge is 0.224 e. The van der Waals surface area contributed by atoms with E-state index in [1.54, 1.807) is 0 Å². The van der Waals surface area contributed by atoms with Crippen LogP contribution in [0.25, 0.3) is 11.4 Å². The molecule has 0 aliphatic carbocycles.